The molecule has 2 aromatic carbocycles. The third kappa shape index (κ3) is 3.84. The molecule has 0 fully saturated rings. The summed E-state index contributed by atoms with van der Waals surface area (Å²) in [6.07, 6.45) is -3.58. The molecule has 2 rings (SSSR count). The van der Waals surface area contributed by atoms with E-state index in [9.17, 15) is 18.0 Å². The lowest BCUT2D eigenvalue weighted by Gasteiger charge is -2.09. The number of anilines is 1. The van der Waals surface area contributed by atoms with Crippen LogP contribution in [0.2, 0.25) is 0 Å². The highest BCUT2D eigenvalue weighted by Gasteiger charge is 2.30. The second-order valence-electron chi connectivity index (χ2n) is 4.58. The summed E-state index contributed by atoms with van der Waals surface area (Å²) >= 11 is 0. The van der Waals surface area contributed by atoms with Gasteiger partial charge in [0, 0.05) is 11.3 Å². The van der Waals surface area contributed by atoms with Crippen LogP contribution in [0.3, 0.4) is 0 Å². The molecular formula is C16H14F3NO. The first-order valence-electron chi connectivity index (χ1n) is 6.47. The zero-order valence-electron chi connectivity index (χ0n) is 11.4. The van der Waals surface area contributed by atoms with Crippen LogP contribution < -0.4 is 5.32 Å². The first-order chi connectivity index (χ1) is 9.90. The molecule has 0 atom stereocenters. The Kier molecular flexibility index (Phi) is 4.31. The van der Waals surface area contributed by atoms with Crippen LogP contribution in [-0.4, -0.2) is 5.91 Å². The number of benzene rings is 2. The summed E-state index contributed by atoms with van der Waals surface area (Å²) in [5.74, 6) is -0.564. The number of hydrogen-bond acceptors (Lipinski definition) is 1. The van der Waals surface area contributed by atoms with Crippen LogP contribution in [0, 0.1) is 0 Å². The minimum absolute atomic E-state index is 0.0237. The zero-order valence-corrected chi connectivity index (χ0v) is 11.4. The molecule has 0 aliphatic carbocycles. The van der Waals surface area contributed by atoms with E-state index >= 15 is 0 Å². The topological polar surface area (TPSA) is 29.1 Å². The normalized spacial score (nSPS) is 11.2. The third-order valence-electron chi connectivity index (χ3n) is 3.07. The van der Waals surface area contributed by atoms with E-state index in [4.69, 9.17) is 0 Å². The lowest BCUT2D eigenvalue weighted by molar-refractivity contribution is -0.137. The summed E-state index contributed by atoms with van der Waals surface area (Å²) in [5, 5.41) is 2.58. The van der Waals surface area contributed by atoms with Crippen LogP contribution in [0.5, 0.6) is 0 Å². The van der Waals surface area contributed by atoms with Gasteiger partial charge < -0.3 is 5.32 Å². The Bertz CT molecular complexity index is 633. The van der Waals surface area contributed by atoms with Gasteiger partial charge in [-0.2, -0.15) is 13.2 Å². The fraction of sp³-hybridized carbons (Fsp3) is 0.188. The van der Waals surface area contributed by atoms with Gasteiger partial charge in [-0.3, -0.25) is 4.79 Å². The minimum Gasteiger partial charge on any atom is -0.322 e. The molecule has 0 aliphatic heterocycles. The van der Waals surface area contributed by atoms with E-state index in [0.29, 0.717) is 5.69 Å². The second-order valence-corrected chi connectivity index (χ2v) is 4.58. The Hall–Kier alpha value is -2.30. The maximum Gasteiger partial charge on any atom is 0.416 e. The molecule has 2 aromatic rings. The van der Waals surface area contributed by atoms with Crippen molar-refractivity contribution in [2.24, 2.45) is 0 Å². The summed E-state index contributed by atoms with van der Waals surface area (Å²) in [5.41, 5.74) is 0.808. The first kappa shape index (κ1) is 15.1. The van der Waals surface area contributed by atoms with Gasteiger partial charge >= 0.3 is 6.18 Å². The molecule has 5 heteroatoms. The van der Waals surface area contributed by atoms with Gasteiger partial charge in [0.2, 0.25) is 0 Å². The molecule has 110 valence electrons. The van der Waals surface area contributed by atoms with Crippen molar-refractivity contribution in [2.75, 3.05) is 5.32 Å². The number of halogens is 3. The Balaban J connectivity index is 2.16. The highest BCUT2D eigenvalue weighted by molar-refractivity contribution is 6.04. The number of alkyl halides is 3. The molecule has 0 aliphatic rings. The highest BCUT2D eigenvalue weighted by Crippen LogP contribution is 2.29. The van der Waals surface area contributed by atoms with Crippen LogP contribution in [0.25, 0.3) is 0 Å². The second kappa shape index (κ2) is 5.99. The number of rotatable bonds is 3. The maximum atomic E-state index is 12.6. The van der Waals surface area contributed by atoms with Crippen LogP contribution >= 0.6 is 0 Å². The van der Waals surface area contributed by atoms with Crippen LogP contribution in [-0.2, 0) is 12.6 Å². The molecule has 1 N–H and O–H groups in total. The van der Waals surface area contributed by atoms with E-state index in [1.165, 1.54) is 12.1 Å². The number of nitrogens with one attached hydrogen (secondary N) is 1. The molecule has 0 unspecified atom stereocenters. The van der Waals surface area contributed by atoms with Gasteiger partial charge in [0.15, 0.2) is 0 Å². The fourth-order valence-corrected chi connectivity index (χ4v) is 1.86. The summed E-state index contributed by atoms with van der Waals surface area (Å²) in [7, 11) is 0. The summed E-state index contributed by atoms with van der Waals surface area (Å²) in [4.78, 5) is 12.0. The lowest BCUT2D eigenvalue weighted by atomic mass is 10.1. The highest BCUT2D eigenvalue weighted by atomic mass is 19.4. The van der Waals surface area contributed by atoms with Crippen molar-refractivity contribution in [1.82, 2.24) is 0 Å². The van der Waals surface area contributed by atoms with E-state index in [1.807, 2.05) is 19.1 Å². The van der Waals surface area contributed by atoms with Crippen LogP contribution in [0.1, 0.15) is 28.4 Å². The average molecular weight is 293 g/mol. The van der Waals surface area contributed by atoms with Gasteiger partial charge in [-0.25, -0.2) is 0 Å². The standard InChI is InChI=1S/C16H14F3NO/c1-2-11-6-8-14(9-7-11)20-15(21)12-4-3-5-13(10-12)16(17,18)19/h3-10H,2H2,1H3,(H,20,21). The Morgan fingerprint density at radius 3 is 2.33 bits per heavy atom. The smallest absolute Gasteiger partial charge is 0.322 e. The van der Waals surface area contributed by atoms with Crippen molar-refractivity contribution in [3.05, 3.63) is 65.2 Å². The van der Waals surface area contributed by atoms with Crippen LogP contribution in [0.15, 0.2) is 48.5 Å². The van der Waals surface area contributed by atoms with Gasteiger partial charge in [-0.1, -0.05) is 25.1 Å². The first-order valence-corrected chi connectivity index (χ1v) is 6.47. The zero-order chi connectivity index (χ0) is 15.5. The molecule has 21 heavy (non-hydrogen) atoms. The van der Waals surface area contributed by atoms with Gasteiger partial charge in [-0.15, -0.1) is 0 Å². The average Bonchev–Trinajstić information content (AvgIpc) is 2.47. The monoisotopic (exact) mass is 293 g/mol. The summed E-state index contributed by atoms with van der Waals surface area (Å²) in [6.45, 7) is 2.01. The van der Waals surface area contributed by atoms with Crippen molar-refractivity contribution in [1.29, 1.82) is 0 Å². The van der Waals surface area contributed by atoms with E-state index in [0.717, 1.165) is 24.1 Å². The van der Waals surface area contributed by atoms with Crippen molar-refractivity contribution in [3.8, 4) is 0 Å². The number of hydrogen-bond donors (Lipinski definition) is 1. The van der Waals surface area contributed by atoms with Gasteiger partial charge in [0.05, 0.1) is 5.56 Å². The van der Waals surface area contributed by atoms with Crippen molar-refractivity contribution < 1.29 is 18.0 Å². The molecule has 1 amide bonds. The Morgan fingerprint density at radius 1 is 1.10 bits per heavy atom. The number of carbonyl (C=O) groups excluding carboxylic acids is 1. The molecular weight excluding hydrogens is 279 g/mol. The Labute approximate surface area is 120 Å². The molecule has 2 nitrogen and oxygen atoms in total. The molecule has 0 radical (unpaired) electrons. The summed E-state index contributed by atoms with van der Waals surface area (Å²) in [6, 6.07) is 11.5. The predicted octanol–water partition coefficient (Wildman–Crippen LogP) is 4.52. The fourth-order valence-electron chi connectivity index (χ4n) is 1.86. The summed E-state index contributed by atoms with van der Waals surface area (Å²) < 4.78 is 37.8. The molecule has 0 spiro atoms. The number of aryl methyl sites for hydroxylation is 1. The Morgan fingerprint density at radius 2 is 1.76 bits per heavy atom. The van der Waals surface area contributed by atoms with E-state index < -0.39 is 17.6 Å². The number of amides is 1. The molecule has 0 heterocycles. The maximum absolute atomic E-state index is 12.6. The van der Waals surface area contributed by atoms with E-state index in [2.05, 4.69) is 5.32 Å². The van der Waals surface area contributed by atoms with Crippen molar-refractivity contribution in [2.45, 2.75) is 19.5 Å². The van der Waals surface area contributed by atoms with E-state index in [-0.39, 0.29) is 5.56 Å². The largest absolute Gasteiger partial charge is 0.416 e. The van der Waals surface area contributed by atoms with Crippen LogP contribution in [0.4, 0.5) is 18.9 Å². The molecule has 0 saturated heterocycles. The van der Waals surface area contributed by atoms with Gasteiger partial charge in [0.25, 0.3) is 5.91 Å². The minimum atomic E-state index is -4.46. The number of carbonyl (C=O) groups is 1. The van der Waals surface area contributed by atoms with Crippen molar-refractivity contribution >= 4 is 11.6 Å². The lowest BCUT2D eigenvalue weighted by Crippen LogP contribution is -2.13. The third-order valence-corrected chi connectivity index (χ3v) is 3.07. The quantitative estimate of drug-likeness (QED) is 0.885. The predicted molar refractivity (Wildman–Crippen MR) is 75.2 cm³/mol. The van der Waals surface area contributed by atoms with E-state index in [1.54, 1.807) is 12.1 Å². The molecule has 0 saturated carbocycles. The molecule has 0 aromatic heterocycles. The SMILES string of the molecule is CCc1ccc(NC(=O)c2cccc(C(F)(F)F)c2)cc1. The van der Waals surface area contributed by atoms with Gasteiger partial charge in [-0.05, 0) is 42.3 Å². The van der Waals surface area contributed by atoms with Crippen molar-refractivity contribution in [3.63, 3.8) is 0 Å². The van der Waals surface area contributed by atoms with Gasteiger partial charge in [0.1, 0.15) is 0 Å². The molecule has 0 bridgehead atoms.